The number of amides is 5. The van der Waals surface area contributed by atoms with Gasteiger partial charge < -0.3 is 10.2 Å². The number of hydrogen-bond acceptors (Lipinski definition) is 7. The number of imide groups is 2. The highest BCUT2D eigenvalue weighted by molar-refractivity contribution is 6.25. The fourth-order valence-electron chi connectivity index (χ4n) is 4.99. The predicted octanol–water partition coefficient (Wildman–Crippen LogP) is 0.640. The van der Waals surface area contributed by atoms with Crippen molar-refractivity contribution >= 4 is 35.2 Å². The highest BCUT2D eigenvalue weighted by atomic mass is 16.2. The summed E-state index contributed by atoms with van der Waals surface area (Å²) in [4.78, 5) is 67.8. The van der Waals surface area contributed by atoms with Crippen molar-refractivity contribution in [3.63, 3.8) is 0 Å². The van der Waals surface area contributed by atoms with Gasteiger partial charge in [0.15, 0.2) is 0 Å². The monoisotopic (exact) mass is 489 g/mol. The van der Waals surface area contributed by atoms with Crippen LogP contribution < -0.4 is 15.5 Å². The minimum absolute atomic E-state index is 0.0877. The molecule has 2 N–H and O–H groups in total. The first-order chi connectivity index (χ1) is 17.4. The maximum Gasteiger partial charge on any atom is 0.264 e. The SMILES string of the molecule is O=C1CCC(N2C(=O)c3cccc(N4CCN(CCNC(=O)c5ccccc5)CC4)c3C2=O)C(=O)N1. The Bertz CT molecular complexity index is 1220. The molecule has 0 saturated carbocycles. The van der Waals surface area contributed by atoms with Crippen molar-refractivity contribution in [2.24, 2.45) is 0 Å². The fourth-order valence-corrected chi connectivity index (χ4v) is 4.99. The van der Waals surface area contributed by atoms with E-state index in [0.717, 1.165) is 18.0 Å². The molecule has 186 valence electrons. The van der Waals surface area contributed by atoms with Crippen LogP contribution in [0, 0.1) is 0 Å². The molecular formula is C26H27N5O5. The molecule has 2 aromatic carbocycles. The van der Waals surface area contributed by atoms with E-state index in [4.69, 9.17) is 0 Å². The van der Waals surface area contributed by atoms with Gasteiger partial charge in [-0.25, -0.2) is 0 Å². The smallest absolute Gasteiger partial charge is 0.264 e. The normalized spacial score (nSPS) is 20.4. The van der Waals surface area contributed by atoms with Gasteiger partial charge in [0, 0.05) is 51.3 Å². The Morgan fingerprint density at radius 2 is 1.67 bits per heavy atom. The van der Waals surface area contributed by atoms with Gasteiger partial charge in [0.05, 0.1) is 16.8 Å². The fraction of sp³-hybridized carbons (Fsp3) is 0.346. The van der Waals surface area contributed by atoms with Crippen molar-refractivity contribution in [2.45, 2.75) is 18.9 Å². The van der Waals surface area contributed by atoms with Crippen molar-refractivity contribution in [1.29, 1.82) is 0 Å². The minimum Gasteiger partial charge on any atom is -0.368 e. The van der Waals surface area contributed by atoms with Crippen LogP contribution in [0.2, 0.25) is 0 Å². The Morgan fingerprint density at radius 1 is 0.917 bits per heavy atom. The lowest BCUT2D eigenvalue weighted by atomic mass is 10.0. The van der Waals surface area contributed by atoms with E-state index in [9.17, 15) is 24.0 Å². The molecule has 2 aromatic rings. The van der Waals surface area contributed by atoms with Crippen LogP contribution in [-0.2, 0) is 9.59 Å². The number of hydrogen-bond donors (Lipinski definition) is 2. The van der Waals surface area contributed by atoms with Crippen LogP contribution in [0.25, 0.3) is 0 Å². The van der Waals surface area contributed by atoms with E-state index in [2.05, 4.69) is 20.4 Å². The van der Waals surface area contributed by atoms with E-state index >= 15 is 0 Å². The lowest BCUT2D eigenvalue weighted by Crippen LogP contribution is -2.54. The molecular weight excluding hydrogens is 462 g/mol. The first-order valence-corrected chi connectivity index (χ1v) is 12.1. The van der Waals surface area contributed by atoms with Gasteiger partial charge in [0.2, 0.25) is 11.8 Å². The van der Waals surface area contributed by atoms with Crippen molar-refractivity contribution in [2.75, 3.05) is 44.2 Å². The highest BCUT2D eigenvalue weighted by Crippen LogP contribution is 2.34. The van der Waals surface area contributed by atoms with Gasteiger partial charge >= 0.3 is 0 Å². The molecule has 1 atom stereocenters. The molecule has 5 amide bonds. The number of piperazine rings is 1. The number of carbonyl (C=O) groups excluding carboxylic acids is 5. The van der Waals surface area contributed by atoms with Crippen LogP contribution in [0.1, 0.15) is 43.9 Å². The van der Waals surface area contributed by atoms with Gasteiger partial charge in [-0.1, -0.05) is 24.3 Å². The van der Waals surface area contributed by atoms with Gasteiger partial charge in [-0.05, 0) is 30.7 Å². The second kappa shape index (κ2) is 9.90. The molecule has 2 saturated heterocycles. The summed E-state index contributed by atoms with van der Waals surface area (Å²) >= 11 is 0. The summed E-state index contributed by atoms with van der Waals surface area (Å²) in [6.45, 7) is 4.03. The van der Waals surface area contributed by atoms with E-state index in [-0.39, 0.29) is 24.3 Å². The number of benzene rings is 2. The first kappa shape index (κ1) is 23.7. The average molecular weight is 490 g/mol. The molecule has 0 spiro atoms. The van der Waals surface area contributed by atoms with Gasteiger partial charge in [0.1, 0.15) is 6.04 Å². The number of nitrogens with zero attached hydrogens (tertiary/aromatic N) is 3. The molecule has 10 nitrogen and oxygen atoms in total. The van der Waals surface area contributed by atoms with E-state index in [1.54, 1.807) is 24.3 Å². The number of rotatable bonds is 6. The zero-order valence-corrected chi connectivity index (χ0v) is 19.7. The summed E-state index contributed by atoms with van der Waals surface area (Å²) < 4.78 is 0. The molecule has 10 heteroatoms. The van der Waals surface area contributed by atoms with E-state index in [0.29, 0.717) is 43.0 Å². The number of nitrogens with one attached hydrogen (secondary N) is 2. The van der Waals surface area contributed by atoms with Crippen LogP contribution >= 0.6 is 0 Å². The number of fused-ring (bicyclic) bond motifs is 1. The third-order valence-corrected chi connectivity index (χ3v) is 6.91. The van der Waals surface area contributed by atoms with Crippen LogP contribution in [0.15, 0.2) is 48.5 Å². The topological polar surface area (TPSA) is 119 Å². The summed E-state index contributed by atoms with van der Waals surface area (Å²) in [6.07, 6.45) is 0.218. The standard InChI is InChI=1S/C26H27N5O5/c32-21-10-9-20(24(34)28-21)31-25(35)18-7-4-8-19(22(18)26(31)36)30-15-13-29(14-16-30)12-11-27-23(33)17-5-2-1-3-6-17/h1-8,20H,9-16H2,(H,27,33)(H,28,32,34). The molecule has 0 radical (unpaired) electrons. The van der Waals surface area contributed by atoms with E-state index in [1.807, 2.05) is 24.3 Å². The maximum atomic E-state index is 13.3. The van der Waals surface area contributed by atoms with Crippen LogP contribution in [0.3, 0.4) is 0 Å². The second-order valence-corrected chi connectivity index (χ2v) is 9.10. The van der Waals surface area contributed by atoms with E-state index in [1.165, 1.54) is 0 Å². The minimum atomic E-state index is -0.981. The summed E-state index contributed by atoms with van der Waals surface area (Å²) in [5.41, 5.74) is 1.91. The number of piperidine rings is 1. The van der Waals surface area contributed by atoms with Crippen LogP contribution in [-0.4, -0.2) is 84.6 Å². The van der Waals surface area contributed by atoms with Gasteiger partial charge in [-0.15, -0.1) is 0 Å². The van der Waals surface area contributed by atoms with Crippen molar-refractivity contribution in [3.05, 3.63) is 65.2 Å². The molecule has 3 heterocycles. The van der Waals surface area contributed by atoms with Gasteiger partial charge in [0.25, 0.3) is 17.7 Å². The molecule has 3 aliphatic heterocycles. The Labute approximate surface area is 208 Å². The average Bonchev–Trinajstić information content (AvgIpc) is 3.15. The maximum absolute atomic E-state index is 13.3. The van der Waals surface area contributed by atoms with Crippen LogP contribution in [0.4, 0.5) is 5.69 Å². The van der Waals surface area contributed by atoms with Crippen LogP contribution in [0.5, 0.6) is 0 Å². The zero-order chi connectivity index (χ0) is 25.2. The Morgan fingerprint density at radius 3 is 2.39 bits per heavy atom. The Balaban J connectivity index is 1.21. The Hall–Kier alpha value is -4.05. The third kappa shape index (κ3) is 4.47. The summed E-state index contributed by atoms with van der Waals surface area (Å²) in [5.74, 6) is -2.11. The van der Waals surface area contributed by atoms with Gasteiger partial charge in [-0.3, -0.25) is 39.1 Å². The quantitative estimate of drug-likeness (QED) is 0.572. The van der Waals surface area contributed by atoms with Crippen molar-refractivity contribution in [1.82, 2.24) is 20.4 Å². The van der Waals surface area contributed by atoms with Crippen molar-refractivity contribution < 1.29 is 24.0 Å². The largest absolute Gasteiger partial charge is 0.368 e. The molecule has 5 rings (SSSR count). The zero-order valence-electron chi connectivity index (χ0n) is 19.7. The third-order valence-electron chi connectivity index (χ3n) is 6.91. The lowest BCUT2D eigenvalue weighted by Gasteiger charge is -2.36. The molecule has 36 heavy (non-hydrogen) atoms. The molecule has 0 aromatic heterocycles. The molecule has 0 aliphatic carbocycles. The van der Waals surface area contributed by atoms with Gasteiger partial charge in [-0.2, -0.15) is 0 Å². The summed E-state index contributed by atoms with van der Waals surface area (Å²) in [5, 5.41) is 5.16. The van der Waals surface area contributed by atoms with Crippen molar-refractivity contribution in [3.8, 4) is 0 Å². The molecule has 1 unspecified atom stereocenters. The number of carbonyl (C=O) groups is 5. The lowest BCUT2D eigenvalue weighted by molar-refractivity contribution is -0.136. The molecule has 2 fully saturated rings. The number of anilines is 1. The second-order valence-electron chi connectivity index (χ2n) is 9.10. The summed E-state index contributed by atoms with van der Waals surface area (Å²) in [6, 6.07) is 13.3. The molecule has 0 bridgehead atoms. The molecule has 3 aliphatic rings. The van der Waals surface area contributed by atoms with E-state index < -0.39 is 29.7 Å². The predicted molar refractivity (Wildman–Crippen MR) is 131 cm³/mol. The summed E-state index contributed by atoms with van der Waals surface area (Å²) in [7, 11) is 0. The Kier molecular flexibility index (Phi) is 6.51. The first-order valence-electron chi connectivity index (χ1n) is 12.1. The highest BCUT2D eigenvalue weighted by Gasteiger charge is 2.46.